The van der Waals surface area contributed by atoms with Crippen molar-refractivity contribution in [1.82, 2.24) is 14.5 Å². The molecule has 0 saturated heterocycles. The highest BCUT2D eigenvalue weighted by atomic mass is 35.5. The molecule has 8 heteroatoms. The molecule has 2 aromatic heterocycles. The molecule has 100 valence electrons. The number of hydrogen-bond donors (Lipinski definition) is 0. The van der Waals surface area contributed by atoms with Gasteiger partial charge in [0.2, 0.25) is 0 Å². The van der Waals surface area contributed by atoms with Gasteiger partial charge < -0.3 is 0 Å². The van der Waals surface area contributed by atoms with Crippen molar-refractivity contribution in [3.8, 4) is 5.82 Å². The van der Waals surface area contributed by atoms with Crippen molar-refractivity contribution in [2.75, 3.05) is 0 Å². The van der Waals surface area contributed by atoms with Gasteiger partial charge in [-0.05, 0) is 13.0 Å². The third-order valence-electron chi connectivity index (χ3n) is 2.38. The highest BCUT2D eigenvalue weighted by Gasteiger charge is 2.31. The summed E-state index contributed by atoms with van der Waals surface area (Å²) in [6.45, 7) is 1.52. The zero-order valence-corrected chi connectivity index (χ0v) is 10.3. The van der Waals surface area contributed by atoms with Gasteiger partial charge in [-0.1, -0.05) is 11.6 Å². The van der Waals surface area contributed by atoms with Crippen LogP contribution in [-0.4, -0.2) is 14.5 Å². The zero-order valence-electron chi connectivity index (χ0n) is 9.57. The van der Waals surface area contributed by atoms with Crippen molar-refractivity contribution in [2.45, 2.75) is 13.1 Å². The Balaban J connectivity index is 2.63. The average Bonchev–Trinajstić information content (AvgIpc) is 2.29. The molecule has 0 bridgehead atoms. The van der Waals surface area contributed by atoms with Crippen LogP contribution in [0.5, 0.6) is 0 Å². The average molecular weight is 290 g/mol. The van der Waals surface area contributed by atoms with Crippen LogP contribution in [0.15, 0.2) is 29.3 Å². The molecule has 0 aliphatic carbocycles. The van der Waals surface area contributed by atoms with Gasteiger partial charge in [-0.15, -0.1) is 0 Å². The number of halogens is 4. The van der Waals surface area contributed by atoms with Gasteiger partial charge in [0.05, 0.1) is 10.6 Å². The van der Waals surface area contributed by atoms with Crippen molar-refractivity contribution < 1.29 is 13.2 Å². The Morgan fingerprint density at radius 1 is 1.32 bits per heavy atom. The first-order valence-electron chi connectivity index (χ1n) is 5.08. The van der Waals surface area contributed by atoms with Crippen LogP contribution in [0.25, 0.3) is 5.82 Å². The largest absolute Gasteiger partial charge is 0.417 e. The first kappa shape index (κ1) is 13.5. The van der Waals surface area contributed by atoms with E-state index in [9.17, 15) is 18.0 Å². The number of pyridine rings is 1. The summed E-state index contributed by atoms with van der Waals surface area (Å²) in [6, 6.07) is 1.89. The molecule has 0 aliphatic heterocycles. The summed E-state index contributed by atoms with van der Waals surface area (Å²) in [4.78, 5) is 19.2. The van der Waals surface area contributed by atoms with Crippen LogP contribution in [-0.2, 0) is 6.18 Å². The van der Waals surface area contributed by atoms with Crippen LogP contribution in [0.3, 0.4) is 0 Å². The molecule has 2 aromatic rings. The molecular formula is C11H7ClF3N3O. The van der Waals surface area contributed by atoms with E-state index in [1.165, 1.54) is 19.2 Å². The molecule has 0 N–H and O–H groups in total. The molecule has 0 saturated carbocycles. The van der Waals surface area contributed by atoms with Gasteiger partial charge in [-0.25, -0.2) is 14.5 Å². The van der Waals surface area contributed by atoms with E-state index >= 15 is 0 Å². The fraction of sp³-hybridized carbons (Fsp3) is 0.182. The summed E-state index contributed by atoms with van der Waals surface area (Å²) in [5, 5.41) is -0.270. The van der Waals surface area contributed by atoms with Crippen molar-refractivity contribution in [2.24, 2.45) is 0 Å². The number of nitrogens with zero attached hydrogens (tertiary/aromatic N) is 3. The summed E-state index contributed by atoms with van der Waals surface area (Å²) in [5.74, 6) is 0.201. The van der Waals surface area contributed by atoms with Gasteiger partial charge in [-0.3, -0.25) is 4.79 Å². The molecule has 0 aromatic carbocycles. The lowest BCUT2D eigenvalue weighted by atomic mass is 10.2. The summed E-state index contributed by atoms with van der Waals surface area (Å²) < 4.78 is 38.5. The standard InChI is InChI=1S/C11H7ClF3N3O/c1-6-16-3-2-9(19)18(6)10-8(12)4-7(5-17-10)11(13,14)15/h2-5H,1H3. The number of rotatable bonds is 1. The quantitative estimate of drug-likeness (QED) is 0.811. The van der Waals surface area contributed by atoms with Crippen molar-refractivity contribution in [1.29, 1.82) is 0 Å². The van der Waals surface area contributed by atoms with Crippen LogP contribution < -0.4 is 5.56 Å². The topological polar surface area (TPSA) is 47.8 Å². The van der Waals surface area contributed by atoms with E-state index < -0.39 is 17.3 Å². The maximum atomic E-state index is 12.5. The second kappa shape index (κ2) is 4.65. The predicted molar refractivity (Wildman–Crippen MR) is 62.4 cm³/mol. The molecule has 0 atom stereocenters. The molecule has 19 heavy (non-hydrogen) atoms. The van der Waals surface area contributed by atoms with E-state index in [4.69, 9.17) is 11.6 Å². The molecule has 2 heterocycles. The maximum absolute atomic E-state index is 12.5. The normalized spacial score (nSPS) is 11.6. The fourth-order valence-corrected chi connectivity index (χ4v) is 1.76. The second-order valence-corrected chi connectivity index (χ2v) is 4.10. The SMILES string of the molecule is Cc1nccc(=O)n1-c1ncc(C(F)(F)F)cc1Cl. The lowest BCUT2D eigenvalue weighted by molar-refractivity contribution is -0.137. The van der Waals surface area contributed by atoms with Crippen LogP contribution in [0.4, 0.5) is 13.2 Å². The van der Waals surface area contributed by atoms with Gasteiger partial charge in [-0.2, -0.15) is 13.2 Å². The highest BCUT2D eigenvalue weighted by molar-refractivity contribution is 6.32. The van der Waals surface area contributed by atoms with Crippen LogP contribution >= 0.6 is 11.6 Å². The predicted octanol–water partition coefficient (Wildman–Crippen LogP) is 2.61. The van der Waals surface area contributed by atoms with Gasteiger partial charge in [0.1, 0.15) is 5.82 Å². The van der Waals surface area contributed by atoms with Gasteiger partial charge in [0.25, 0.3) is 5.56 Å². The summed E-state index contributed by atoms with van der Waals surface area (Å²) in [7, 11) is 0. The lowest BCUT2D eigenvalue weighted by Crippen LogP contribution is -2.22. The summed E-state index contributed by atoms with van der Waals surface area (Å²) >= 11 is 5.76. The van der Waals surface area contributed by atoms with Crippen molar-refractivity contribution in [3.05, 3.63) is 51.3 Å². The third kappa shape index (κ3) is 2.60. The Kier molecular flexibility index (Phi) is 3.32. The summed E-state index contributed by atoms with van der Waals surface area (Å²) in [6.07, 6.45) is -2.61. The van der Waals surface area contributed by atoms with E-state index in [2.05, 4.69) is 9.97 Å². The third-order valence-corrected chi connectivity index (χ3v) is 2.66. The van der Waals surface area contributed by atoms with E-state index in [0.29, 0.717) is 6.20 Å². The minimum absolute atomic E-state index is 0.0785. The minimum Gasteiger partial charge on any atom is -0.269 e. The number of hydrogen-bond acceptors (Lipinski definition) is 3. The lowest BCUT2D eigenvalue weighted by Gasteiger charge is -2.11. The van der Waals surface area contributed by atoms with E-state index in [1.54, 1.807) is 0 Å². The van der Waals surface area contributed by atoms with E-state index in [0.717, 1.165) is 10.6 Å². The smallest absolute Gasteiger partial charge is 0.269 e. The van der Waals surface area contributed by atoms with Crippen molar-refractivity contribution in [3.63, 3.8) is 0 Å². The Hall–Kier alpha value is -1.89. The first-order valence-corrected chi connectivity index (χ1v) is 5.46. The van der Waals surface area contributed by atoms with Crippen molar-refractivity contribution >= 4 is 11.6 Å². The van der Waals surface area contributed by atoms with Gasteiger partial charge in [0, 0.05) is 18.5 Å². The Labute approximate surface area is 110 Å². The number of aromatic nitrogens is 3. The molecular weight excluding hydrogens is 283 g/mol. The minimum atomic E-state index is -4.54. The monoisotopic (exact) mass is 289 g/mol. The maximum Gasteiger partial charge on any atom is 0.417 e. The van der Waals surface area contributed by atoms with E-state index in [1.807, 2.05) is 0 Å². The van der Waals surface area contributed by atoms with Crippen LogP contribution in [0.2, 0.25) is 5.02 Å². The van der Waals surface area contributed by atoms with Crippen LogP contribution in [0, 0.1) is 6.92 Å². The zero-order chi connectivity index (χ0) is 14.2. The summed E-state index contributed by atoms with van der Waals surface area (Å²) in [5.41, 5.74) is -1.45. The molecule has 0 fully saturated rings. The second-order valence-electron chi connectivity index (χ2n) is 3.69. The molecule has 2 rings (SSSR count). The number of aryl methyl sites for hydroxylation is 1. The number of alkyl halides is 3. The fourth-order valence-electron chi connectivity index (χ4n) is 1.51. The first-order chi connectivity index (χ1) is 8.80. The van der Waals surface area contributed by atoms with Gasteiger partial charge >= 0.3 is 6.18 Å². The highest BCUT2D eigenvalue weighted by Crippen LogP contribution is 2.31. The Morgan fingerprint density at radius 2 is 2.00 bits per heavy atom. The van der Waals surface area contributed by atoms with Crippen LogP contribution in [0.1, 0.15) is 11.4 Å². The van der Waals surface area contributed by atoms with Gasteiger partial charge in [0.15, 0.2) is 5.82 Å². The molecule has 0 spiro atoms. The molecule has 0 amide bonds. The Morgan fingerprint density at radius 3 is 2.53 bits per heavy atom. The molecule has 0 radical (unpaired) electrons. The molecule has 4 nitrogen and oxygen atoms in total. The Bertz CT molecular complexity index is 682. The molecule has 0 unspecified atom stereocenters. The molecule has 0 aliphatic rings. The van der Waals surface area contributed by atoms with E-state index in [-0.39, 0.29) is 16.7 Å².